The number of hydrogen-bond acceptors (Lipinski definition) is 4. The van der Waals surface area contributed by atoms with Crippen LogP contribution < -0.4 is 5.32 Å². The summed E-state index contributed by atoms with van der Waals surface area (Å²) in [4.78, 5) is 20.3. The van der Waals surface area contributed by atoms with Gasteiger partial charge in [0.25, 0.3) is 0 Å². The maximum Gasteiger partial charge on any atom is 0.226 e. The average Bonchev–Trinajstić information content (AvgIpc) is 3.16. The van der Waals surface area contributed by atoms with Gasteiger partial charge in [-0.05, 0) is 63.7 Å². The number of nitrogens with zero attached hydrogens (tertiary/aromatic N) is 2. The van der Waals surface area contributed by atoms with E-state index in [4.69, 9.17) is 4.98 Å². The molecule has 1 saturated heterocycles. The second kappa shape index (κ2) is 8.53. The summed E-state index contributed by atoms with van der Waals surface area (Å²) in [6, 6.07) is 8.29. The lowest BCUT2D eigenvalue weighted by Crippen LogP contribution is -2.43. The number of carbonyl (C=O) groups is 1. The summed E-state index contributed by atoms with van der Waals surface area (Å²) in [5.74, 6) is 1.37. The summed E-state index contributed by atoms with van der Waals surface area (Å²) in [6.45, 7) is 2.91. The first-order valence-electron chi connectivity index (χ1n) is 10.2. The van der Waals surface area contributed by atoms with Gasteiger partial charge in [0.15, 0.2) is 0 Å². The van der Waals surface area contributed by atoms with E-state index in [2.05, 4.69) is 40.6 Å². The highest BCUT2D eigenvalue weighted by Crippen LogP contribution is 2.39. The van der Waals surface area contributed by atoms with Gasteiger partial charge in [-0.3, -0.25) is 4.79 Å². The first kappa shape index (κ1) is 18.6. The number of likely N-dealkylation sites (tertiary alicyclic amines) is 1. The minimum atomic E-state index is 0.0458. The van der Waals surface area contributed by atoms with Crippen molar-refractivity contribution in [2.75, 3.05) is 26.7 Å². The summed E-state index contributed by atoms with van der Waals surface area (Å²) in [7, 11) is 2.01. The molecule has 0 radical (unpaired) electrons. The summed E-state index contributed by atoms with van der Waals surface area (Å²) in [5, 5.41) is 4.37. The molecule has 1 aliphatic heterocycles. The molecule has 4 nitrogen and oxygen atoms in total. The van der Waals surface area contributed by atoms with Crippen molar-refractivity contribution in [2.45, 2.75) is 38.0 Å². The van der Waals surface area contributed by atoms with Crippen LogP contribution in [0.4, 0.5) is 0 Å². The minimum absolute atomic E-state index is 0.0458. The fourth-order valence-electron chi connectivity index (χ4n) is 4.43. The Morgan fingerprint density at radius 3 is 2.78 bits per heavy atom. The van der Waals surface area contributed by atoms with Crippen LogP contribution in [-0.4, -0.2) is 42.5 Å². The highest BCUT2D eigenvalue weighted by molar-refractivity contribution is 7.18. The lowest BCUT2D eigenvalue weighted by Gasteiger charge is -2.36. The molecule has 0 spiro atoms. The summed E-state index contributed by atoms with van der Waals surface area (Å²) in [6.07, 6.45) is 9.69. The Kier molecular flexibility index (Phi) is 5.89. The largest absolute Gasteiger partial charge is 0.342 e. The standard InChI is InChI=1S/C22H29N3OS/c1-23-13-10-16-11-14-25(15-12-16)22(26)18-7-3-2-6-17(18)21-24-19-8-4-5-9-20(19)27-21/h2-5,8-9,16-18,23H,6-7,10-15H2,1H3. The van der Waals surface area contributed by atoms with Crippen LogP contribution in [0.25, 0.3) is 10.2 Å². The van der Waals surface area contributed by atoms with Crippen LogP contribution >= 0.6 is 11.3 Å². The summed E-state index contributed by atoms with van der Waals surface area (Å²) >= 11 is 1.76. The molecule has 0 bridgehead atoms. The molecule has 27 heavy (non-hydrogen) atoms. The van der Waals surface area contributed by atoms with E-state index in [0.717, 1.165) is 61.8 Å². The average molecular weight is 384 g/mol. The number of aromatic nitrogens is 1. The number of hydrogen-bond donors (Lipinski definition) is 1. The van der Waals surface area contributed by atoms with Gasteiger partial charge in [-0.1, -0.05) is 24.3 Å². The van der Waals surface area contributed by atoms with Crippen molar-refractivity contribution in [3.63, 3.8) is 0 Å². The van der Waals surface area contributed by atoms with Gasteiger partial charge in [-0.25, -0.2) is 4.98 Å². The van der Waals surface area contributed by atoms with Crippen LogP contribution in [0.2, 0.25) is 0 Å². The van der Waals surface area contributed by atoms with Crippen LogP contribution in [0.5, 0.6) is 0 Å². The maximum atomic E-state index is 13.3. The fraction of sp³-hybridized carbons (Fsp3) is 0.545. The summed E-state index contributed by atoms with van der Waals surface area (Å²) in [5.41, 5.74) is 1.06. The lowest BCUT2D eigenvalue weighted by atomic mass is 9.81. The smallest absolute Gasteiger partial charge is 0.226 e. The summed E-state index contributed by atoms with van der Waals surface area (Å²) < 4.78 is 1.22. The highest BCUT2D eigenvalue weighted by atomic mass is 32.1. The van der Waals surface area contributed by atoms with Crippen molar-refractivity contribution in [3.8, 4) is 0 Å². The van der Waals surface area contributed by atoms with Gasteiger partial charge >= 0.3 is 0 Å². The van der Waals surface area contributed by atoms with Crippen molar-refractivity contribution in [1.29, 1.82) is 0 Å². The number of piperidine rings is 1. The number of fused-ring (bicyclic) bond motifs is 1. The van der Waals surface area contributed by atoms with Gasteiger partial charge < -0.3 is 10.2 Å². The molecule has 0 saturated carbocycles. The Balaban J connectivity index is 1.46. The predicted molar refractivity (Wildman–Crippen MR) is 112 cm³/mol. The molecule has 1 aromatic heterocycles. The number of nitrogens with one attached hydrogen (secondary N) is 1. The molecular weight excluding hydrogens is 354 g/mol. The highest BCUT2D eigenvalue weighted by Gasteiger charge is 2.36. The minimum Gasteiger partial charge on any atom is -0.342 e. The number of amides is 1. The van der Waals surface area contributed by atoms with E-state index in [1.165, 1.54) is 11.1 Å². The lowest BCUT2D eigenvalue weighted by molar-refractivity contribution is -0.137. The fourth-order valence-corrected chi connectivity index (χ4v) is 5.58. The van der Waals surface area contributed by atoms with Crippen LogP contribution in [0.1, 0.15) is 43.0 Å². The zero-order valence-corrected chi connectivity index (χ0v) is 16.9. The van der Waals surface area contributed by atoms with Crippen molar-refractivity contribution in [2.24, 2.45) is 11.8 Å². The molecule has 144 valence electrons. The molecule has 1 fully saturated rings. The zero-order chi connectivity index (χ0) is 18.6. The molecule has 5 heteroatoms. The van der Waals surface area contributed by atoms with Gasteiger partial charge in [0.05, 0.1) is 21.1 Å². The van der Waals surface area contributed by atoms with Crippen LogP contribution in [0, 0.1) is 11.8 Å². The number of para-hydroxylation sites is 1. The SMILES string of the molecule is CNCCC1CCN(C(=O)C2CC=CCC2c2nc3ccccc3s2)CC1. The molecule has 2 aliphatic rings. The van der Waals surface area contributed by atoms with E-state index < -0.39 is 0 Å². The molecule has 1 N–H and O–H groups in total. The molecule has 2 heterocycles. The van der Waals surface area contributed by atoms with Crippen LogP contribution in [-0.2, 0) is 4.79 Å². The third-order valence-electron chi connectivity index (χ3n) is 6.11. The number of rotatable bonds is 5. The topological polar surface area (TPSA) is 45.2 Å². The first-order chi connectivity index (χ1) is 13.3. The van der Waals surface area contributed by atoms with E-state index >= 15 is 0 Å². The van der Waals surface area contributed by atoms with Crippen LogP contribution in [0.15, 0.2) is 36.4 Å². The first-order valence-corrected chi connectivity index (χ1v) is 11.0. The molecule has 1 aliphatic carbocycles. The number of benzene rings is 1. The Hall–Kier alpha value is -1.72. The van der Waals surface area contributed by atoms with Crippen LogP contribution in [0.3, 0.4) is 0 Å². The van der Waals surface area contributed by atoms with Gasteiger partial charge in [0, 0.05) is 19.0 Å². The maximum absolute atomic E-state index is 13.3. The second-order valence-corrected chi connectivity index (χ2v) is 8.90. The third kappa shape index (κ3) is 4.09. The Morgan fingerprint density at radius 1 is 1.22 bits per heavy atom. The molecule has 4 rings (SSSR count). The number of carbonyl (C=O) groups excluding carboxylic acids is 1. The Bertz CT molecular complexity index is 774. The third-order valence-corrected chi connectivity index (χ3v) is 7.27. The van der Waals surface area contributed by atoms with E-state index in [1.807, 2.05) is 13.1 Å². The monoisotopic (exact) mass is 383 g/mol. The van der Waals surface area contributed by atoms with Gasteiger partial charge in [0.1, 0.15) is 0 Å². The van der Waals surface area contributed by atoms with Gasteiger partial charge in [-0.2, -0.15) is 0 Å². The second-order valence-electron chi connectivity index (χ2n) is 7.84. The van der Waals surface area contributed by atoms with Crippen molar-refractivity contribution in [3.05, 3.63) is 41.4 Å². The van der Waals surface area contributed by atoms with Gasteiger partial charge in [-0.15, -0.1) is 11.3 Å². The van der Waals surface area contributed by atoms with E-state index in [1.54, 1.807) is 11.3 Å². The Morgan fingerprint density at radius 2 is 2.00 bits per heavy atom. The molecule has 2 atom stereocenters. The van der Waals surface area contributed by atoms with Crippen molar-refractivity contribution >= 4 is 27.5 Å². The predicted octanol–water partition coefficient (Wildman–Crippen LogP) is 4.19. The number of thiazole rings is 1. The molecule has 2 unspecified atom stereocenters. The normalized spacial score (nSPS) is 23.8. The van der Waals surface area contributed by atoms with Gasteiger partial charge in [0.2, 0.25) is 5.91 Å². The molecule has 1 amide bonds. The Labute approximate surface area is 165 Å². The van der Waals surface area contributed by atoms with Crippen molar-refractivity contribution < 1.29 is 4.79 Å². The quantitative estimate of drug-likeness (QED) is 0.787. The molecule has 2 aromatic rings. The van der Waals surface area contributed by atoms with Crippen molar-refractivity contribution in [1.82, 2.24) is 15.2 Å². The number of allylic oxidation sites excluding steroid dienone is 2. The molecule has 1 aromatic carbocycles. The van der Waals surface area contributed by atoms with E-state index in [-0.39, 0.29) is 11.8 Å². The van der Waals surface area contributed by atoms with E-state index in [9.17, 15) is 4.79 Å². The molecular formula is C22H29N3OS. The van der Waals surface area contributed by atoms with E-state index in [0.29, 0.717) is 5.91 Å². The zero-order valence-electron chi connectivity index (χ0n) is 16.1.